The Labute approximate surface area is 167 Å². The molecule has 5 heteroatoms. The number of halogens is 1. The number of nitrogens with zero attached hydrogens (tertiary/aromatic N) is 2. The molecule has 138 valence electrons. The van der Waals surface area contributed by atoms with Crippen LogP contribution < -0.4 is 9.47 Å². The average Bonchev–Trinajstić information content (AvgIpc) is 2.68. The summed E-state index contributed by atoms with van der Waals surface area (Å²) in [5.74, 6) is 1.75. The fraction of sp³-hybridized carbons (Fsp3) is 0.182. The number of pyridine rings is 2. The van der Waals surface area contributed by atoms with E-state index in [2.05, 4.69) is 44.1 Å². The van der Waals surface area contributed by atoms with Gasteiger partial charge in [-0.15, -0.1) is 0 Å². The van der Waals surface area contributed by atoms with Crippen LogP contribution >= 0.6 is 15.9 Å². The Kier molecular flexibility index (Phi) is 5.91. The van der Waals surface area contributed by atoms with Crippen molar-refractivity contribution in [2.75, 3.05) is 14.2 Å². The van der Waals surface area contributed by atoms with E-state index in [-0.39, 0.29) is 0 Å². The minimum atomic E-state index is 0.858. The quantitative estimate of drug-likeness (QED) is 0.403. The van der Waals surface area contributed by atoms with Gasteiger partial charge in [0.15, 0.2) is 0 Å². The highest BCUT2D eigenvalue weighted by molar-refractivity contribution is 9.10. The number of methoxy groups -OCH3 is 2. The largest absolute Gasteiger partial charge is 0.496 e. The van der Waals surface area contributed by atoms with Crippen molar-refractivity contribution >= 4 is 37.7 Å². The van der Waals surface area contributed by atoms with Crippen molar-refractivity contribution in [3.63, 3.8) is 0 Å². The number of aryl methyl sites for hydroxylation is 2. The van der Waals surface area contributed by atoms with Crippen LogP contribution in [0, 0.1) is 13.8 Å². The van der Waals surface area contributed by atoms with E-state index in [4.69, 9.17) is 9.47 Å². The van der Waals surface area contributed by atoms with Crippen LogP contribution in [0.25, 0.3) is 21.8 Å². The molecule has 0 amide bonds. The van der Waals surface area contributed by atoms with Crippen LogP contribution in [0.2, 0.25) is 0 Å². The summed E-state index contributed by atoms with van der Waals surface area (Å²) in [4.78, 5) is 8.55. The zero-order valence-corrected chi connectivity index (χ0v) is 17.4. The third kappa shape index (κ3) is 4.03. The number of benzene rings is 2. The molecule has 2 aromatic heterocycles. The van der Waals surface area contributed by atoms with E-state index < -0.39 is 0 Å². The molecule has 4 aromatic rings. The summed E-state index contributed by atoms with van der Waals surface area (Å²) < 4.78 is 11.4. The molecule has 0 radical (unpaired) electrons. The number of fused-ring (bicyclic) bond motifs is 2. The smallest absolute Gasteiger partial charge is 0.138 e. The lowest BCUT2D eigenvalue weighted by Gasteiger charge is -2.09. The van der Waals surface area contributed by atoms with Crippen LogP contribution in [0.1, 0.15) is 11.1 Å². The Bertz CT molecular complexity index is 1100. The van der Waals surface area contributed by atoms with E-state index >= 15 is 0 Å². The van der Waals surface area contributed by atoms with Gasteiger partial charge in [0.2, 0.25) is 0 Å². The number of hydrogen-bond donors (Lipinski definition) is 0. The molecule has 2 heterocycles. The third-order valence-corrected chi connectivity index (χ3v) is 5.04. The summed E-state index contributed by atoms with van der Waals surface area (Å²) in [5, 5.41) is 2.28. The highest BCUT2D eigenvalue weighted by Crippen LogP contribution is 2.34. The Hall–Kier alpha value is -2.66. The van der Waals surface area contributed by atoms with Gasteiger partial charge in [-0.05, 0) is 65.2 Å². The zero-order chi connectivity index (χ0) is 19.4. The van der Waals surface area contributed by atoms with Gasteiger partial charge in [-0.2, -0.15) is 0 Å². The fourth-order valence-corrected chi connectivity index (χ4v) is 3.79. The molecule has 0 unspecified atom stereocenters. The molecule has 0 saturated heterocycles. The molecule has 0 fully saturated rings. The molecule has 0 aliphatic carbocycles. The maximum atomic E-state index is 5.30. The van der Waals surface area contributed by atoms with Crippen molar-refractivity contribution in [2.24, 2.45) is 0 Å². The van der Waals surface area contributed by atoms with Crippen molar-refractivity contribution in [1.29, 1.82) is 0 Å². The van der Waals surface area contributed by atoms with Crippen molar-refractivity contribution in [2.45, 2.75) is 13.8 Å². The topological polar surface area (TPSA) is 44.2 Å². The van der Waals surface area contributed by atoms with Gasteiger partial charge in [0, 0.05) is 29.2 Å². The van der Waals surface area contributed by atoms with Gasteiger partial charge in [-0.3, -0.25) is 9.97 Å². The molecule has 0 bridgehead atoms. The van der Waals surface area contributed by atoms with Gasteiger partial charge in [0.05, 0.1) is 29.7 Å². The lowest BCUT2D eigenvalue weighted by molar-refractivity contribution is 0.409. The molecule has 0 atom stereocenters. The van der Waals surface area contributed by atoms with Crippen molar-refractivity contribution in [1.82, 2.24) is 9.97 Å². The van der Waals surface area contributed by atoms with Crippen LogP contribution in [-0.2, 0) is 0 Å². The van der Waals surface area contributed by atoms with E-state index in [0.29, 0.717) is 0 Å². The van der Waals surface area contributed by atoms with Crippen LogP contribution in [0.5, 0.6) is 11.5 Å². The number of rotatable bonds is 2. The first-order valence-corrected chi connectivity index (χ1v) is 9.31. The summed E-state index contributed by atoms with van der Waals surface area (Å²) in [5.41, 5.74) is 4.17. The first-order valence-electron chi connectivity index (χ1n) is 8.52. The van der Waals surface area contributed by atoms with Gasteiger partial charge in [-0.1, -0.05) is 12.1 Å². The Balaban J connectivity index is 0.000000156. The second-order valence-electron chi connectivity index (χ2n) is 6.13. The van der Waals surface area contributed by atoms with E-state index in [1.54, 1.807) is 26.6 Å². The lowest BCUT2D eigenvalue weighted by atomic mass is 10.1. The summed E-state index contributed by atoms with van der Waals surface area (Å²) in [6.07, 6.45) is 3.57. The van der Waals surface area contributed by atoms with Crippen LogP contribution in [0.3, 0.4) is 0 Å². The number of ether oxygens (including phenoxy) is 2. The van der Waals surface area contributed by atoms with Crippen molar-refractivity contribution in [3.8, 4) is 11.5 Å². The summed E-state index contributed by atoms with van der Waals surface area (Å²) >= 11 is 3.51. The molecular formula is C22H21BrN2O2. The second-order valence-corrected chi connectivity index (χ2v) is 6.93. The molecule has 0 saturated carbocycles. The SMILES string of the molecule is COc1c(C)cc2cccnc2c1Br.COc1cc2ncccc2cc1C. The summed E-state index contributed by atoms with van der Waals surface area (Å²) in [6, 6.07) is 14.1. The first kappa shape index (κ1) is 19.1. The zero-order valence-electron chi connectivity index (χ0n) is 15.8. The molecule has 0 N–H and O–H groups in total. The van der Waals surface area contributed by atoms with Crippen LogP contribution in [0.15, 0.2) is 59.3 Å². The molecule has 0 aliphatic heterocycles. The van der Waals surface area contributed by atoms with Crippen molar-refractivity contribution < 1.29 is 9.47 Å². The monoisotopic (exact) mass is 424 g/mol. The summed E-state index contributed by atoms with van der Waals surface area (Å²) in [7, 11) is 3.35. The number of aromatic nitrogens is 2. The highest BCUT2D eigenvalue weighted by Gasteiger charge is 2.09. The lowest BCUT2D eigenvalue weighted by Crippen LogP contribution is -1.91. The molecule has 27 heavy (non-hydrogen) atoms. The van der Waals surface area contributed by atoms with Gasteiger partial charge in [0.25, 0.3) is 0 Å². The minimum Gasteiger partial charge on any atom is -0.496 e. The van der Waals surface area contributed by atoms with Crippen molar-refractivity contribution in [3.05, 3.63) is 70.5 Å². The van der Waals surface area contributed by atoms with E-state index in [0.717, 1.165) is 48.9 Å². The predicted molar refractivity (Wildman–Crippen MR) is 114 cm³/mol. The molecule has 2 aromatic carbocycles. The Morgan fingerprint density at radius 1 is 0.815 bits per heavy atom. The molecule has 0 aliphatic rings. The summed E-state index contributed by atoms with van der Waals surface area (Å²) in [6.45, 7) is 4.06. The third-order valence-electron chi connectivity index (χ3n) is 4.30. The van der Waals surface area contributed by atoms with Gasteiger partial charge < -0.3 is 9.47 Å². The van der Waals surface area contributed by atoms with E-state index in [9.17, 15) is 0 Å². The van der Waals surface area contributed by atoms with Crippen LogP contribution in [-0.4, -0.2) is 24.2 Å². The van der Waals surface area contributed by atoms with E-state index in [1.807, 2.05) is 38.1 Å². The maximum absolute atomic E-state index is 5.30. The van der Waals surface area contributed by atoms with Gasteiger partial charge >= 0.3 is 0 Å². The Morgan fingerprint density at radius 2 is 1.48 bits per heavy atom. The normalized spacial score (nSPS) is 10.4. The maximum Gasteiger partial charge on any atom is 0.138 e. The van der Waals surface area contributed by atoms with Gasteiger partial charge in [0.1, 0.15) is 11.5 Å². The highest BCUT2D eigenvalue weighted by atomic mass is 79.9. The Morgan fingerprint density at radius 3 is 2.19 bits per heavy atom. The molecular weight excluding hydrogens is 404 g/mol. The van der Waals surface area contributed by atoms with E-state index in [1.165, 1.54) is 0 Å². The second kappa shape index (κ2) is 8.35. The standard InChI is InChI=1S/C11H10BrNO.C11H11NO/c1-7-6-8-4-3-5-13-10(8)9(12)11(7)14-2;1-8-6-9-4-3-5-12-10(9)7-11(8)13-2/h3-6H,1-2H3;3-7H,1-2H3. The van der Waals surface area contributed by atoms with Gasteiger partial charge in [-0.25, -0.2) is 0 Å². The fourth-order valence-electron chi connectivity index (χ4n) is 2.98. The minimum absolute atomic E-state index is 0.858. The predicted octanol–water partition coefficient (Wildman–Crippen LogP) is 5.87. The molecule has 4 rings (SSSR count). The average molecular weight is 425 g/mol. The molecule has 0 spiro atoms. The number of hydrogen-bond acceptors (Lipinski definition) is 4. The molecule has 4 nitrogen and oxygen atoms in total. The first-order chi connectivity index (χ1) is 13.0. The van der Waals surface area contributed by atoms with Crippen LogP contribution in [0.4, 0.5) is 0 Å².